The largest absolute Gasteiger partial charge is 0.384 e. The van der Waals surface area contributed by atoms with Gasteiger partial charge >= 0.3 is 0 Å². The number of rotatable bonds is 5. The average Bonchev–Trinajstić information content (AvgIpc) is 2.69. The van der Waals surface area contributed by atoms with Crippen molar-refractivity contribution in [3.05, 3.63) is 88.3 Å². The van der Waals surface area contributed by atoms with Gasteiger partial charge in [0.25, 0.3) is 11.8 Å². The Morgan fingerprint density at radius 3 is 2.38 bits per heavy atom. The van der Waals surface area contributed by atoms with E-state index in [0.29, 0.717) is 5.02 Å². The van der Waals surface area contributed by atoms with Crippen LogP contribution in [0.5, 0.6) is 0 Å². The number of pyridine rings is 1. The van der Waals surface area contributed by atoms with Crippen molar-refractivity contribution >= 4 is 40.8 Å². The fraction of sp³-hybridized carbons (Fsp3) is 0. The summed E-state index contributed by atoms with van der Waals surface area (Å²) in [6.07, 6.45) is 1.39. The van der Waals surface area contributed by atoms with Crippen molar-refractivity contribution in [1.82, 2.24) is 4.98 Å². The number of nitrogens with two attached hydrogens (primary N) is 1. The lowest BCUT2D eigenvalue weighted by Gasteiger charge is -2.12. The lowest BCUT2D eigenvalue weighted by Crippen LogP contribution is -2.20. The van der Waals surface area contributed by atoms with Crippen LogP contribution in [-0.4, -0.2) is 22.6 Å². The summed E-state index contributed by atoms with van der Waals surface area (Å²) >= 11 is 5.77. The van der Waals surface area contributed by atoms with Crippen LogP contribution < -0.4 is 16.4 Å². The van der Waals surface area contributed by atoms with E-state index in [9.17, 15) is 14.0 Å². The maximum absolute atomic E-state index is 14.2. The van der Waals surface area contributed by atoms with E-state index >= 15 is 0 Å². The third-order valence-electron chi connectivity index (χ3n) is 3.91. The summed E-state index contributed by atoms with van der Waals surface area (Å²) in [5, 5.41) is 12.9. The molecule has 2 amide bonds. The first-order chi connectivity index (χ1) is 13.8. The van der Waals surface area contributed by atoms with Crippen LogP contribution in [-0.2, 0) is 0 Å². The van der Waals surface area contributed by atoms with Gasteiger partial charge in [0.1, 0.15) is 17.5 Å². The first-order valence-corrected chi connectivity index (χ1v) is 8.70. The molecule has 2 aromatic carbocycles. The Labute approximate surface area is 170 Å². The van der Waals surface area contributed by atoms with E-state index in [1.165, 1.54) is 36.5 Å². The number of carbonyl (C=O) groups excluding carboxylic acids is 2. The highest BCUT2D eigenvalue weighted by atomic mass is 35.5. The predicted molar refractivity (Wildman–Crippen MR) is 109 cm³/mol. The van der Waals surface area contributed by atoms with Crippen molar-refractivity contribution < 1.29 is 14.0 Å². The van der Waals surface area contributed by atoms with Crippen LogP contribution in [0.15, 0.2) is 60.8 Å². The van der Waals surface area contributed by atoms with Crippen LogP contribution in [0.2, 0.25) is 5.02 Å². The van der Waals surface area contributed by atoms with E-state index in [-0.39, 0.29) is 34.0 Å². The van der Waals surface area contributed by atoms with Gasteiger partial charge in [-0.2, -0.15) is 0 Å². The van der Waals surface area contributed by atoms with Gasteiger partial charge in [0, 0.05) is 11.8 Å². The summed E-state index contributed by atoms with van der Waals surface area (Å²) < 4.78 is 14.2. The molecule has 0 aliphatic heterocycles. The van der Waals surface area contributed by atoms with Gasteiger partial charge in [-0.25, -0.2) is 9.37 Å². The fourth-order valence-electron chi connectivity index (χ4n) is 2.48. The number of nitrogens with one attached hydrogen (secondary N) is 3. The number of hydrogen-bond acceptors (Lipinski definition) is 4. The number of nitrogen functional groups attached to an aromatic ring is 1. The summed E-state index contributed by atoms with van der Waals surface area (Å²) in [6.45, 7) is 0. The number of nitrogens with zero attached hydrogens (tertiary/aromatic N) is 1. The number of anilines is 2. The number of carbonyl (C=O) groups is 2. The molecule has 0 saturated carbocycles. The Morgan fingerprint density at radius 2 is 1.72 bits per heavy atom. The molecular weight excluding hydrogens is 397 g/mol. The van der Waals surface area contributed by atoms with Crippen molar-refractivity contribution in [2.24, 2.45) is 5.73 Å². The monoisotopic (exact) mass is 411 g/mol. The zero-order valence-electron chi connectivity index (χ0n) is 14.9. The van der Waals surface area contributed by atoms with Crippen LogP contribution in [0.3, 0.4) is 0 Å². The standard InChI is InChI=1S/C20H15ClFN5O2/c21-12-6-8-17(25-10-12)27-20(29)14-3-1-2-4-16(14)26-19(28)13-7-5-11(18(23)24)9-15(13)22/h1-10H,(H3,23,24)(H,26,28)(H,25,27,29). The molecule has 0 unspecified atom stereocenters. The van der Waals surface area contributed by atoms with Gasteiger partial charge in [-0.05, 0) is 36.4 Å². The molecule has 3 aromatic rings. The minimum atomic E-state index is -0.831. The van der Waals surface area contributed by atoms with Crippen LogP contribution in [0, 0.1) is 11.2 Å². The average molecular weight is 412 g/mol. The molecule has 146 valence electrons. The molecule has 0 aliphatic carbocycles. The van der Waals surface area contributed by atoms with E-state index in [1.54, 1.807) is 18.2 Å². The predicted octanol–water partition coefficient (Wildman–Crippen LogP) is 3.66. The number of para-hydroxylation sites is 1. The Morgan fingerprint density at radius 1 is 1.00 bits per heavy atom. The van der Waals surface area contributed by atoms with Crippen LogP contribution in [0.25, 0.3) is 0 Å². The molecule has 0 aliphatic rings. The quantitative estimate of drug-likeness (QED) is 0.378. The number of benzene rings is 2. The second kappa shape index (κ2) is 8.49. The van der Waals surface area contributed by atoms with Gasteiger partial charge in [-0.15, -0.1) is 0 Å². The molecule has 0 atom stereocenters. The second-order valence-corrected chi connectivity index (χ2v) is 6.36. The van der Waals surface area contributed by atoms with Crippen LogP contribution in [0.4, 0.5) is 15.9 Å². The van der Waals surface area contributed by atoms with Crippen LogP contribution >= 0.6 is 11.6 Å². The molecule has 0 fully saturated rings. The van der Waals surface area contributed by atoms with Gasteiger partial charge in [0.15, 0.2) is 0 Å². The summed E-state index contributed by atoms with van der Waals surface area (Å²) in [4.78, 5) is 29.1. The third kappa shape index (κ3) is 4.74. The molecule has 0 bridgehead atoms. The molecule has 1 aromatic heterocycles. The minimum absolute atomic E-state index is 0.161. The number of halogens is 2. The smallest absolute Gasteiger partial charge is 0.258 e. The summed E-state index contributed by atoms with van der Waals surface area (Å²) in [5.41, 5.74) is 5.59. The van der Waals surface area contributed by atoms with Crippen LogP contribution in [0.1, 0.15) is 26.3 Å². The van der Waals surface area contributed by atoms with Gasteiger partial charge in [0.2, 0.25) is 0 Å². The maximum Gasteiger partial charge on any atom is 0.258 e. The zero-order chi connectivity index (χ0) is 21.0. The van der Waals surface area contributed by atoms with Crippen molar-refractivity contribution in [3.8, 4) is 0 Å². The Hall–Kier alpha value is -3.78. The molecule has 0 saturated heterocycles. The number of hydrogen-bond donors (Lipinski definition) is 4. The highest BCUT2D eigenvalue weighted by Crippen LogP contribution is 2.19. The summed E-state index contributed by atoms with van der Waals surface area (Å²) in [6, 6.07) is 13.0. The molecule has 1 heterocycles. The Kier molecular flexibility index (Phi) is 5.85. The molecule has 0 radical (unpaired) electrons. The molecule has 7 nitrogen and oxygen atoms in total. The normalized spacial score (nSPS) is 10.3. The highest BCUT2D eigenvalue weighted by molar-refractivity contribution is 6.30. The minimum Gasteiger partial charge on any atom is -0.384 e. The topological polar surface area (TPSA) is 121 Å². The van der Waals surface area contributed by atoms with Crippen molar-refractivity contribution in [1.29, 1.82) is 5.41 Å². The SMILES string of the molecule is N=C(N)c1ccc(C(=O)Nc2ccccc2C(=O)Nc2ccc(Cl)cn2)c(F)c1. The molecular formula is C20H15ClFN5O2. The first-order valence-electron chi connectivity index (χ1n) is 8.32. The van der Waals surface area contributed by atoms with Crippen molar-refractivity contribution in [2.75, 3.05) is 10.6 Å². The van der Waals surface area contributed by atoms with E-state index in [0.717, 1.165) is 6.07 Å². The molecule has 29 heavy (non-hydrogen) atoms. The number of aromatic nitrogens is 1. The van der Waals surface area contributed by atoms with E-state index in [1.807, 2.05) is 0 Å². The van der Waals surface area contributed by atoms with E-state index in [4.69, 9.17) is 22.7 Å². The van der Waals surface area contributed by atoms with Crippen molar-refractivity contribution in [3.63, 3.8) is 0 Å². The second-order valence-electron chi connectivity index (χ2n) is 5.92. The summed E-state index contributed by atoms with van der Waals surface area (Å²) in [7, 11) is 0. The summed E-state index contributed by atoms with van der Waals surface area (Å²) in [5.74, 6) is -2.12. The lowest BCUT2D eigenvalue weighted by molar-refractivity contribution is 0.102. The molecule has 9 heteroatoms. The zero-order valence-corrected chi connectivity index (χ0v) is 15.6. The Balaban J connectivity index is 1.81. The third-order valence-corrected chi connectivity index (χ3v) is 4.14. The number of amides is 2. The van der Waals surface area contributed by atoms with Gasteiger partial charge in [-0.1, -0.05) is 29.8 Å². The number of amidine groups is 1. The highest BCUT2D eigenvalue weighted by Gasteiger charge is 2.17. The molecule has 3 rings (SSSR count). The first kappa shape index (κ1) is 20.0. The molecule has 5 N–H and O–H groups in total. The van der Waals surface area contributed by atoms with E-state index in [2.05, 4.69) is 15.6 Å². The Bertz CT molecular complexity index is 1100. The van der Waals surface area contributed by atoms with Gasteiger partial charge < -0.3 is 16.4 Å². The van der Waals surface area contributed by atoms with Gasteiger partial charge in [0.05, 0.1) is 21.8 Å². The fourth-order valence-corrected chi connectivity index (χ4v) is 2.59. The maximum atomic E-state index is 14.2. The molecule has 0 spiro atoms. The van der Waals surface area contributed by atoms with Gasteiger partial charge in [-0.3, -0.25) is 15.0 Å². The lowest BCUT2D eigenvalue weighted by atomic mass is 10.1. The van der Waals surface area contributed by atoms with Crippen molar-refractivity contribution in [2.45, 2.75) is 0 Å². The van der Waals surface area contributed by atoms with E-state index < -0.39 is 17.6 Å².